The Morgan fingerprint density at radius 2 is 2.17 bits per heavy atom. The van der Waals surface area contributed by atoms with E-state index in [1.54, 1.807) is 11.4 Å². The van der Waals surface area contributed by atoms with Crippen molar-refractivity contribution in [2.75, 3.05) is 6.54 Å². The maximum absolute atomic E-state index is 11.6. The van der Waals surface area contributed by atoms with E-state index >= 15 is 0 Å². The predicted molar refractivity (Wildman–Crippen MR) is 64.7 cm³/mol. The number of carboxylic acids is 1. The SMILES string of the molecule is C[C@H](NC(=O)CNS(=O)(=O)c1cccs1)C(=O)O. The number of aliphatic carboxylic acids is 1. The lowest BCUT2D eigenvalue weighted by atomic mass is 10.3. The molecule has 3 N–H and O–H groups in total. The molecule has 1 atom stereocenters. The fraction of sp³-hybridized carbons (Fsp3) is 0.333. The highest BCUT2D eigenvalue weighted by Gasteiger charge is 2.18. The predicted octanol–water partition coefficient (Wildman–Crippen LogP) is -0.384. The second-order valence-corrected chi connectivity index (χ2v) is 6.33. The Balaban J connectivity index is 2.51. The minimum atomic E-state index is -3.71. The normalized spacial score (nSPS) is 12.9. The number of thiophene rings is 1. The lowest BCUT2D eigenvalue weighted by Crippen LogP contribution is -2.43. The Labute approximate surface area is 108 Å². The molecule has 0 aliphatic heterocycles. The molecule has 1 rings (SSSR count). The van der Waals surface area contributed by atoms with Gasteiger partial charge in [-0.1, -0.05) is 6.07 Å². The number of carbonyl (C=O) groups is 2. The standard InChI is InChI=1S/C9H12N2O5S2/c1-6(9(13)14)11-7(12)5-10-18(15,16)8-3-2-4-17-8/h2-4,6,10H,5H2,1H3,(H,11,12)(H,13,14)/t6-/m0/s1. The first-order chi connectivity index (χ1) is 8.33. The average molecular weight is 292 g/mol. The zero-order valence-corrected chi connectivity index (χ0v) is 11.0. The van der Waals surface area contributed by atoms with Crippen molar-refractivity contribution in [3.8, 4) is 0 Å². The van der Waals surface area contributed by atoms with E-state index in [9.17, 15) is 18.0 Å². The van der Waals surface area contributed by atoms with Crippen LogP contribution in [0.4, 0.5) is 0 Å². The van der Waals surface area contributed by atoms with Crippen LogP contribution >= 0.6 is 11.3 Å². The van der Waals surface area contributed by atoms with Gasteiger partial charge in [0.2, 0.25) is 5.91 Å². The van der Waals surface area contributed by atoms with Gasteiger partial charge in [0.1, 0.15) is 10.3 Å². The van der Waals surface area contributed by atoms with Crippen LogP contribution in [-0.4, -0.2) is 38.0 Å². The molecule has 0 spiro atoms. The minimum absolute atomic E-state index is 0.0987. The summed E-state index contributed by atoms with van der Waals surface area (Å²) in [5, 5.41) is 12.3. The van der Waals surface area contributed by atoms with Crippen molar-refractivity contribution in [1.29, 1.82) is 0 Å². The number of amides is 1. The molecule has 1 aromatic heterocycles. The number of carbonyl (C=O) groups excluding carboxylic acids is 1. The zero-order valence-electron chi connectivity index (χ0n) is 9.41. The summed E-state index contributed by atoms with van der Waals surface area (Å²) in [7, 11) is -3.71. The molecule has 0 aromatic carbocycles. The molecule has 9 heteroatoms. The van der Waals surface area contributed by atoms with Crippen molar-refractivity contribution < 1.29 is 23.1 Å². The molecule has 1 amide bonds. The van der Waals surface area contributed by atoms with Gasteiger partial charge in [0.05, 0.1) is 6.54 Å². The van der Waals surface area contributed by atoms with Gasteiger partial charge in [-0.2, -0.15) is 0 Å². The summed E-state index contributed by atoms with van der Waals surface area (Å²) in [4.78, 5) is 21.7. The van der Waals surface area contributed by atoms with Crippen LogP contribution in [0.15, 0.2) is 21.7 Å². The third-order valence-corrected chi connectivity index (χ3v) is 4.73. The molecule has 0 saturated carbocycles. The quantitative estimate of drug-likeness (QED) is 0.661. The van der Waals surface area contributed by atoms with E-state index in [-0.39, 0.29) is 4.21 Å². The molecular formula is C9H12N2O5S2. The Morgan fingerprint density at radius 3 is 2.67 bits per heavy atom. The summed E-state index contributed by atoms with van der Waals surface area (Å²) in [5.41, 5.74) is 0. The average Bonchev–Trinajstić information content (AvgIpc) is 2.80. The van der Waals surface area contributed by atoms with Crippen LogP contribution in [0.2, 0.25) is 0 Å². The number of carboxylic acid groups (broad SMARTS) is 1. The summed E-state index contributed by atoms with van der Waals surface area (Å²) < 4.78 is 25.4. The third kappa shape index (κ3) is 4.09. The highest BCUT2D eigenvalue weighted by molar-refractivity contribution is 7.91. The van der Waals surface area contributed by atoms with E-state index in [1.807, 2.05) is 0 Å². The smallest absolute Gasteiger partial charge is 0.325 e. The van der Waals surface area contributed by atoms with Crippen molar-refractivity contribution in [2.45, 2.75) is 17.2 Å². The van der Waals surface area contributed by atoms with Crippen LogP contribution in [0.3, 0.4) is 0 Å². The fourth-order valence-electron chi connectivity index (χ4n) is 1.00. The first kappa shape index (κ1) is 14.6. The molecule has 0 aliphatic carbocycles. The summed E-state index contributed by atoms with van der Waals surface area (Å²) in [6.07, 6.45) is 0. The van der Waals surface area contributed by atoms with Crippen LogP contribution in [0, 0.1) is 0 Å². The summed E-state index contributed by atoms with van der Waals surface area (Å²) in [5.74, 6) is -1.89. The molecule has 0 radical (unpaired) electrons. The third-order valence-electron chi connectivity index (χ3n) is 1.93. The molecular weight excluding hydrogens is 280 g/mol. The Morgan fingerprint density at radius 1 is 1.50 bits per heavy atom. The van der Waals surface area contributed by atoms with Gasteiger partial charge in [-0.25, -0.2) is 13.1 Å². The number of hydrogen-bond donors (Lipinski definition) is 3. The molecule has 18 heavy (non-hydrogen) atoms. The second kappa shape index (κ2) is 5.94. The number of sulfonamides is 1. The lowest BCUT2D eigenvalue weighted by Gasteiger charge is -2.09. The van der Waals surface area contributed by atoms with Crippen LogP contribution < -0.4 is 10.0 Å². The van der Waals surface area contributed by atoms with Crippen molar-refractivity contribution in [3.05, 3.63) is 17.5 Å². The molecule has 1 aromatic rings. The Bertz CT molecular complexity index is 523. The van der Waals surface area contributed by atoms with Crippen molar-refractivity contribution in [3.63, 3.8) is 0 Å². The van der Waals surface area contributed by atoms with Crippen molar-refractivity contribution in [2.24, 2.45) is 0 Å². The van der Waals surface area contributed by atoms with Gasteiger partial charge in [-0.15, -0.1) is 11.3 Å². The molecule has 0 unspecified atom stereocenters. The van der Waals surface area contributed by atoms with Gasteiger partial charge >= 0.3 is 5.97 Å². The fourth-order valence-corrected chi connectivity index (χ4v) is 3.02. The first-order valence-electron chi connectivity index (χ1n) is 4.88. The molecule has 0 fully saturated rings. The molecule has 0 saturated heterocycles. The monoisotopic (exact) mass is 292 g/mol. The number of nitrogens with one attached hydrogen (secondary N) is 2. The van der Waals surface area contributed by atoms with Gasteiger partial charge in [-0.3, -0.25) is 9.59 Å². The van der Waals surface area contributed by atoms with Crippen LogP contribution in [-0.2, 0) is 19.6 Å². The summed E-state index contributed by atoms with van der Waals surface area (Å²) in [6, 6.07) is 1.92. The summed E-state index contributed by atoms with van der Waals surface area (Å²) in [6.45, 7) is 0.784. The van der Waals surface area contributed by atoms with Gasteiger partial charge in [-0.05, 0) is 18.4 Å². The second-order valence-electron chi connectivity index (χ2n) is 3.38. The number of hydrogen-bond acceptors (Lipinski definition) is 5. The van der Waals surface area contributed by atoms with Crippen LogP contribution in [0.5, 0.6) is 0 Å². The van der Waals surface area contributed by atoms with Crippen molar-refractivity contribution in [1.82, 2.24) is 10.0 Å². The Kier molecular flexibility index (Phi) is 4.82. The van der Waals surface area contributed by atoms with Gasteiger partial charge in [0.15, 0.2) is 0 Å². The van der Waals surface area contributed by atoms with Crippen LogP contribution in [0.1, 0.15) is 6.92 Å². The van der Waals surface area contributed by atoms with Gasteiger partial charge in [0.25, 0.3) is 10.0 Å². The highest BCUT2D eigenvalue weighted by Crippen LogP contribution is 2.14. The van der Waals surface area contributed by atoms with E-state index in [2.05, 4.69) is 10.0 Å². The van der Waals surface area contributed by atoms with Crippen LogP contribution in [0.25, 0.3) is 0 Å². The van der Waals surface area contributed by atoms with E-state index in [1.165, 1.54) is 13.0 Å². The van der Waals surface area contributed by atoms with E-state index in [0.717, 1.165) is 11.3 Å². The van der Waals surface area contributed by atoms with Crippen molar-refractivity contribution >= 4 is 33.2 Å². The largest absolute Gasteiger partial charge is 0.480 e. The van der Waals surface area contributed by atoms with Gasteiger partial charge in [0, 0.05) is 0 Å². The maximum atomic E-state index is 11.6. The topological polar surface area (TPSA) is 113 Å². The zero-order chi connectivity index (χ0) is 13.8. The first-order valence-corrected chi connectivity index (χ1v) is 7.24. The molecule has 7 nitrogen and oxygen atoms in total. The summed E-state index contributed by atoms with van der Waals surface area (Å²) >= 11 is 1.02. The molecule has 0 aliphatic rings. The van der Waals surface area contributed by atoms with E-state index in [0.29, 0.717) is 0 Å². The minimum Gasteiger partial charge on any atom is -0.480 e. The number of rotatable bonds is 6. The highest BCUT2D eigenvalue weighted by atomic mass is 32.2. The molecule has 1 heterocycles. The lowest BCUT2D eigenvalue weighted by molar-refractivity contribution is -0.141. The molecule has 0 bridgehead atoms. The van der Waals surface area contributed by atoms with Gasteiger partial charge < -0.3 is 10.4 Å². The van der Waals surface area contributed by atoms with E-state index < -0.39 is 34.5 Å². The Hall–Kier alpha value is -1.45. The molecule has 100 valence electrons. The van der Waals surface area contributed by atoms with E-state index in [4.69, 9.17) is 5.11 Å². The maximum Gasteiger partial charge on any atom is 0.325 e.